The van der Waals surface area contributed by atoms with Crippen molar-refractivity contribution < 1.29 is 17.9 Å². The number of benzene rings is 1. The fourth-order valence-corrected chi connectivity index (χ4v) is 3.20. The second-order valence-electron chi connectivity index (χ2n) is 4.61. The van der Waals surface area contributed by atoms with E-state index >= 15 is 0 Å². The smallest absolute Gasteiger partial charge is 0.337 e. The summed E-state index contributed by atoms with van der Waals surface area (Å²) in [6.45, 7) is 4.08. The van der Waals surface area contributed by atoms with Gasteiger partial charge in [-0.25, -0.2) is 13.2 Å². The molecule has 0 fully saturated rings. The fourth-order valence-electron chi connectivity index (χ4n) is 1.96. The Balaban J connectivity index is 2.32. The number of aryl methyl sites for hydroxylation is 2. The Morgan fingerprint density at radius 1 is 1.41 bits per heavy atom. The van der Waals surface area contributed by atoms with E-state index in [2.05, 4.69) is 14.6 Å². The van der Waals surface area contributed by atoms with E-state index in [0.717, 1.165) is 0 Å². The molecule has 1 heterocycles. The number of esters is 1. The summed E-state index contributed by atoms with van der Waals surface area (Å²) in [5.41, 5.74) is 0.966. The van der Waals surface area contributed by atoms with Crippen LogP contribution in [0.3, 0.4) is 0 Å². The maximum atomic E-state index is 12.4. The number of hydrogen-bond acceptors (Lipinski definition) is 5. The van der Waals surface area contributed by atoms with Gasteiger partial charge in [-0.05, 0) is 32.0 Å². The molecule has 118 valence electrons. The summed E-state index contributed by atoms with van der Waals surface area (Å²) in [4.78, 5) is 11.6. The minimum atomic E-state index is -3.77. The summed E-state index contributed by atoms with van der Waals surface area (Å²) in [6.07, 6.45) is 1.47. The van der Waals surface area contributed by atoms with Crippen LogP contribution in [0, 0.1) is 6.92 Å². The lowest BCUT2D eigenvalue weighted by molar-refractivity contribution is 0.0601. The number of nitrogens with one attached hydrogen (secondary N) is 1. The molecule has 0 bridgehead atoms. The lowest BCUT2D eigenvalue weighted by Crippen LogP contribution is -2.14. The minimum absolute atomic E-state index is 0.109. The normalized spacial score (nSPS) is 11.2. The molecular formula is C14H17N3O4S. The number of sulfonamides is 1. The van der Waals surface area contributed by atoms with Crippen LogP contribution in [0.2, 0.25) is 0 Å². The zero-order chi connectivity index (χ0) is 16.3. The molecule has 0 radical (unpaired) electrons. The molecule has 0 aliphatic carbocycles. The first-order valence-electron chi connectivity index (χ1n) is 6.62. The summed E-state index contributed by atoms with van der Waals surface area (Å²) >= 11 is 0. The second-order valence-corrected chi connectivity index (χ2v) is 6.26. The highest BCUT2D eigenvalue weighted by molar-refractivity contribution is 7.92. The molecule has 0 spiro atoms. The van der Waals surface area contributed by atoms with Crippen molar-refractivity contribution in [1.82, 2.24) is 9.78 Å². The lowest BCUT2D eigenvalue weighted by Gasteiger charge is -2.08. The average Bonchev–Trinajstić information content (AvgIpc) is 2.88. The first-order chi connectivity index (χ1) is 10.4. The van der Waals surface area contributed by atoms with Crippen LogP contribution in [-0.4, -0.2) is 31.3 Å². The Bertz CT molecular complexity index is 796. The summed E-state index contributed by atoms with van der Waals surface area (Å²) in [6, 6.07) is 6.10. The van der Waals surface area contributed by atoms with Crippen molar-refractivity contribution >= 4 is 21.7 Å². The molecule has 0 atom stereocenters. The molecule has 2 aromatic rings. The van der Waals surface area contributed by atoms with Gasteiger partial charge in [0.2, 0.25) is 0 Å². The number of carbonyl (C=O) groups excluding carboxylic acids is 1. The van der Waals surface area contributed by atoms with Gasteiger partial charge in [0.05, 0.1) is 18.4 Å². The van der Waals surface area contributed by atoms with Crippen LogP contribution in [0.5, 0.6) is 0 Å². The van der Waals surface area contributed by atoms with E-state index in [1.165, 1.54) is 19.4 Å². The molecule has 1 aromatic heterocycles. The summed E-state index contributed by atoms with van der Waals surface area (Å²) < 4.78 is 33.5. The molecule has 1 aromatic carbocycles. The van der Waals surface area contributed by atoms with Crippen LogP contribution in [0.1, 0.15) is 23.0 Å². The topological polar surface area (TPSA) is 90.3 Å². The van der Waals surface area contributed by atoms with Crippen LogP contribution in [0.25, 0.3) is 0 Å². The Hall–Kier alpha value is -2.35. The van der Waals surface area contributed by atoms with Crippen molar-refractivity contribution in [3.05, 3.63) is 41.7 Å². The predicted octanol–water partition coefficient (Wildman–Crippen LogP) is 1.80. The van der Waals surface area contributed by atoms with Gasteiger partial charge in [-0.15, -0.1) is 0 Å². The maximum absolute atomic E-state index is 12.4. The quantitative estimate of drug-likeness (QED) is 0.847. The van der Waals surface area contributed by atoms with Gasteiger partial charge in [-0.3, -0.25) is 9.40 Å². The van der Waals surface area contributed by atoms with Gasteiger partial charge in [0.1, 0.15) is 4.90 Å². The highest BCUT2D eigenvalue weighted by atomic mass is 32.2. The van der Waals surface area contributed by atoms with E-state index in [4.69, 9.17) is 0 Å². The van der Waals surface area contributed by atoms with Crippen LogP contribution >= 0.6 is 0 Å². The molecule has 7 nitrogen and oxygen atoms in total. The molecule has 0 aliphatic heterocycles. The standard InChI is InChI=1S/C14H17N3O4S/c1-4-17-9-13(10(2)15-17)22(19,20)16-12-7-5-6-11(8-12)14(18)21-3/h5-9,16H,4H2,1-3H3. The molecule has 0 aliphatic rings. The molecule has 8 heteroatoms. The average molecular weight is 323 g/mol. The van der Waals surface area contributed by atoms with E-state index in [0.29, 0.717) is 12.2 Å². The van der Waals surface area contributed by atoms with E-state index in [9.17, 15) is 13.2 Å². The Kier molecular flexibility index (Phi) is 4.51. The lowest BCUT2D eigenvalue weighted by atomic mass is 10.2. The van der Waals surface area contributed by atoms with Crippen LogP contribution in [0.4, 0.5) is 5.69 Å². The van der Waals surface area contributed by atoms with Gasteiger partial charge in [-0.1, -0.05) is 6.07 Å². The highest BCUT2D eigenvalue weighted by Gasteiger charge is 2.20. The van der Waals surface area contributed by atoms with Gasteiger partial charge >= 0.3 is 5.97 Å². The van der Waals surface area contributed by atoms with Gasteiger partial charge in [-0.2, -0.15) is 5.10 Å². The molecule has 0 unspecified atom stereocenters. The number of ether oxygens (including phenoxy) is 1. The monoisotopic (exact) mass is 323 g/mol. The third-order valence-corrected chi connectivity index (χ3v) is 4.53. The number of aromatic nitrogens is 2. The van der Waals surface area contributed by atoms with E-state index in [1.54, 1.807) is 29.8 Å². The largest absolute Gasteiger partial charge is 0.465 e. The van der Waals surface area contributed by atoms with Crippen molar-refractivity contribution in [1.29, 1.82) is 0 Å². The molecule has 1 N–H and O–H groups in total. The number of hydrogen-bond donors (Lipinski definition) is 1. The zero-order valence-electron chi connectivity index (χ0n) is 12.5. The van der Waals surface area contributed by atoms with Crippen molar-refractivity contribution in [3.63, 3.8) is 0 Å². The number of rotatable bonds is 5. The van der Waals surface area contributed by atoms with Gasteiger partial charge < -0.3 is 4.74 Å². The number of carbonyl (C=O) groups is 1. The molecular weight excluding hydrogens is 306 g/mol. The first kappa shape index (κ1) is 16.0. The second kappa shape index (κ2) is 6.18. The van der Waals surface area contributed by atoms with Crippen LogP contribution < -0.4 is 4.72 Å². The van der Waals surface area contributed by atoms with E-state index in [1.807, 2.05) is 6.92 Å². The Morgan fingerprint density at radius 2 is 2.14 bits per heavy atom. The minimum Gasteiger partial charge on any atom is -0.465 e. The zero-order valence-corrected chi connectivity index (χ0v) is 13.3. The third-order valence-electron chi connectivity index (χ3n) is 3.05. The first-order valence-corrected chi connectivity index (χ1v) is 8.11. The number of methoxy groups -OCH3 is 1. The van der Waals surface area contributed by atoms with Crippen LogP contribution in [0.15, 0.2) is 35.4 Å². The Labute approximate surface area is 129 Å². The summed E-state index contributed by atoms with van der Waals surface area (Å²) in [5, 5.41) is 4.12. The van der Waals surface area contributed by atoms with E-state index < -0.39 is 16.0 Å². The summed E-state index contributed by atoms with van der Waals surface area (Å²) in [7, 11) is -2.50. The summed E-state index contributed by atoms with van der Waals surface area (Å²) in [5.74, 6) is -0.531. The van der Waals surface area contributed by atoms with Crippen molar-refractivity contribution in [2.24, 2.45) is 0 Å². The van der Waals surface area contributed by atoms with Crippen molar-refractivity contribution in [3.8, 4) is 0 Å². The molecule has 0 saturated carbocycles. The highest BCUT2D eigenvalue weighted by Crippen LogP contribution is 2.19. The van der Waals surface area contributed by atoms with Gasteiger partial charge in [0.15, 0.2) is 0 Å². The third kappa shape index (κ3) is 3.28. The molecule has 0 amide bonds. The van der Waals surface area contributed by atoms with Crippen molar-refractivity contribution in [2.45, 2.75) is 25.3 Å². The molecule has 0 saturated heterocycles. The number of nitrogens with zero attached hydrogens (tertiary/aromatic N) is 2. The molecule has 2 rings (SSSR count). The van der Waals surface area contributed by atoms with E-state index in [-0.39, 0.29) is 16.1 Å². The Morgan fingerprint density at radius 3 is 2.73 bits per heavy atom. The van der Waals surface area contributed by atoms with Crippen molar-refractivity contribution in [2.75, 3.05) is 11.8 Å². The molecule has 22 heavy (non-hydrogen) atoms. The van der Waals surface area contributed by atoms with Gasteiger partial charge in [0.25, 0.3) is 10.0 Å². The SMILES string of the molecule is CCn1cc(S(=O)(=O)Nc2cccc(C(=O)OC)c2)c(C)n1. The fraction of sp³-hybridized carbons (Fsp3) is 0.286. The van der Waals surface area contributed by atoms with Gasteiger partial charge in [0, 0.05) is 18.4 Å². The van der Waals surface area contributed by atoms with Crippen LogP contribution in [-0.2, 0) is 21.3 Å². The number of anilines is 1. The maximum Gasteiger partial charge on any atom is 0.337 e. The predicted molar refractivity (Wildman–Crippen MR) is 81.2 cm³/mol.